The summed E-state index contributed by atoms with van der Waals surface area (Å²) in [5.74, 6) is -0.664. The summed E-state index contributed by atoms with van der Waals surface area (Å²) >= 11 is 3.49. The Morgan fingerprint density at radius 2 is 1.91 bits per heavy atom. The lowest BCUT2D eigenvalue weighted by Gasteiger charge is -2.42. The number of hydrogen-bond acceptors (Lipinski definition) is 2. The summed E-state index contributed by atoms with van der Waals surface area (Å²) in [7, 11) is 0. The van der Waals surface area contributed by atoms with Crippen molar-refractivity contribution in [2.75, 3.05) is 0 Å². The summed E-state index contributed by atoms with van der Waals surface area (Å²) in [6.07, 6.45) is 9.54. The number of amides is 1. The number of rotatable bonds is 3. The van der Waals surface area contributed by atoms with Crippen molar-refractivity contribution in [3.63, 3.8) is 0 Å². The molecule has 0 saturated heterocycles. The number of aliphatic carboxylic acids is 1. The molecule has 6 atom stereocenters. The largest absolute Gasteiger partial charge is 0.481 e. The van der Waals surface area contributed by atoms with Gasteiger partial charge in [0.25, 0.3) is 0 Å². The number of carbonyl (C=O) groups is 2. The Bertz CT molecular complexity index is 678. The zero-order valence-corrected chi connectivity index (χ0v) is 14.4. The van der Waals surface area contributed by atoms with Gasteiger partial charge in [0.05, 0.1) is 17.9 Å². The van der Waals surface area contributed by atoms with Gasteiger partial charge in [0.1, 0.15) is 0 Å². The Balaban J connectivity index is 1.38. The fourth-order valence-electron chi connectivity index (χ4n) is 6.16. The van der Waals surface area contributed by atoms with Crippen LogP contribution < -0.4 is 5.32 Å². The highest BCUT2D eigenvalue weighted by molar-refractivity contribution is 9.11. The molecule has 6 unspecified atom stereocenters. The number of nitrogens with one attached hydrogen (secondary N) is 1. The zero-order valence-electron chi connectivity index (χ0n) is 12.8. The number of hydrogen-bond donors (Lipinski definition) is 2. The smallest absolute Gasteiger partial charge is 0.307 e. The summed E-state index contributed by atoms with van der Waals surface area (Å²) in [6.45, 7) is 0. The highest BCUT2D eigenvalue weighted by Gasteiger charge is 2.71. The molecule has 5 heteroatoms. The maximum atomic E-state index is 12.9. The van der Waals surface area contributed by atoms with Crippen molar-refractivity contribution >= 4 is 27.8 Å². The van der Waals surface area contributed by atoms with Crippen LogP contribution in [0.4, 0.5) is 0 Å². The number of carboxylic acid groups (broad SMARTS) is 1. The number of fused-ring (bicyclic) bond motifs is 2. The summed E-state index contributed by atoms with van der Waals surface area (Å²) in [4.78, 5) is 24.8. The van der Waals surface area contributed by atoms with Gasteiger partial charge in [0.2, 0.25) is 5.91 Å². The first-order valence-electron chi connectivity index (χ1n) is 8.62. The highest BCUT2D eigenvalue weighted by Crippen LogP contribution is 2.74. The van der Waals surface area contributed by atoms with Crippen molar-refractivity contribution in [1.29, 1.82) is 0 Å². The topological polar surface area (TPSA) is 66.4 Å². The normalized spacial score (nSPS) is 44.4. The van der Waals surface area contributed by atoms with Crippen LogP contribution in [-0.4, -0.2) is 23.0 Å². The van der Waals surface area contributed by atoms with Crippen molar-refractivity contribution in [3.05, 3.63) is 22.2 Å². The predicted octanol–water partition coefficient (Wildman–Crippen LogP) is 2.85. The molecule has 5 aliphatic carbocycles. The average molecular weight is 378 g/mol. The summed E-state index contributed by atoms with van der Waals surface area (Å²) in [5, 5.41) is 12.9. The van der Waals surface area contributed by atoms with Crippen LogP contribution in [0.1, 0.15) is 32.1 Å². The van der Waals surface area contributed by atoms with E-state index in [1.165, 1.54) is 5.57 Å². The maximum Gasteiger partial charge on any atom is 0.307 e. The van der Waals surface area contributed by atoms with Crippen molar-refractivity contribution < 1.29 is 14.7 Å². The van der Waals surface area contributed by atoms with Gasteiger partial charge in [-0.3, -0.25) is 9.59 Å². The second kappa shape index (κ2) is 4.50. The van der Waals surface area contributed by atoms with Crippen molar-refractivity contribution in [2.24, 2.45) is 35.0 Å². The second-order valence-electron chi connectivity index (χ2n) is 8.04. The van der Waals surface area contributed by atoms with Gasteiger partial charge < -0.3 is 10.4 Å². The molecule has 4 bridgehead atoms. The van der Waals surface area contributed by atoms with Crippen LogP contribution in [0.5, 0.6) is 0 Å². The third-order valence-corrected chi connectivity index (χ3v) is 7.72. The van der Waals surface area contributed by atoms with Crippen molar-refractivity contribution in [3.8, 4) is 0 Å². The van der Waals surface area contributed by atoms with E-state index in [0.29, 0.717) is 11.8 Å². The molecule has 1 spiro atoms. The minimum absolute atomic E-state index is 0.0112. The predicted molar refractivity (Wildman–Crippen MR) is 87.6 cm³/mol. The minimum Gasteiger partial charge on any atom is -0.481 e. The molecule has 0 heterocycles. The highest BCUT2D eigenvalue weighted by atomic mass is 79.9. The molecular weight excluding hydrogens is 358 g/mol. The van der Waals surface area contributed by atoms with Crippen molar-refractivity contribution in [2.45, 2.75) is 38.1 Å². The molecular formula is C18H20BrNO3. The van der Waals surface area contributed by atoms with Crippen molar-refractivity contribution in [1.82, 2.24) is 5.32 Å². The third kappa shape index (κ3) is 1.77. The average Bonchev–Trinajstić information content (AvgIpc) is 3.17. The molecule has 0 radical (unpaired) electrons. The number of carbonyl (C=O) groups excluding carboxylic acids is 1. The zero-order chi connectivity index (χ0) is 15.9. The van der Waals surface area contributed by atoms with E-state index < -0.39 is 11.9 Å². The summed E-state index contributed by atoms with van der Waals surface area (Å²) < 4.78 is 1.09. The van der Waals surface area contributed by atoms with E-state index in [9.17, 15) is 14.7 Å². The van der Waals surface area contributed by atoms with Crippen LogP contribution in [0.15, 0.2) is 22.2 Å². The fourth-order valence-corrected chi connectivity index (χ4v) is 6.79. The molecule has 0 aliphatic heterocycles. The van der Waals surface area contributed by atoms with Gasteiger partial charge in [-0.15, -0.1) is 0 Å². The van der Waals surface area contributed by atoms with Crippen LogP contribution >= 0.6 is 15.9 Å². The molecule has 5 aliphatic rings. The number of allylic oxidation sites excluding steroid dienone is 2. The minimum atomic E-state index is -0.765. The first-order valence-corrected chi connectivity index (χ1v) is 9.41. The first kappa shape index (κ1) is 14.3. The van der Waals surface area contributed by atoms with Gasteiger partial charge in [-0.2, -0.15) is 0 Å². The van der Waals surface area contributed by atoms with E-state index in [4.69, 9.17) is 0 Å². The molecule has 0 aromatic carbocycles. The van der Waals surface area contributed by atoms with Gasteiger partial charge in [-0.1, -0.05) is 22.0 Å². The lowest BCUT2D eigenvalue weighted by molar-refractivity contribution is -0.149. The van der Waals surface area contributed by atoms with Gasteiger partial charge in [-0.05, 0) is 61.0 Å². The Morgan fingerprint density at radius 3 is 2.48 bits per heavy atom. The van der Waals surface area contributed by atoms with Crippen LogP contribution in [0.3, 0.4) is 0 Å². The molecule has 4 fully saturated rings. The Kier molecular flexibility index (Phi) is 2.79. The molecule has 122 valence electrons. The fraction of sp³-hybridized carbons (Fsp3) is 0.667. The maximum absolute atomic E-state index is 12.9. The van der Waals surface area contributed by atoms with E-state index in [-0.39, 0.29) is 29.2 Å². The molecule has 1 amide bonds. The summed E-state index contributed by atoms with van der Waals surface area (Å²) in [6, 6.07) is 0.0903. The SMILES string of the molecule is O=C(O)C1C(C(=O)NC2C3=CC(Br)=CC2C3)C2CCC1C21CC1. The lowest BCUT2D eigenvalue weighted by Crippen LogP contribution is -2.53. The van der Waals surface area contributed by atoms with E-state index >= 15 is 0 Å². The number of halogens is 1. The lowest BCUT2D eigenvalue weighted by atomic mass is 9.70. The molecule has 5 rings (SSSR count). The van der Waals surface area contributed by atoms with E-state index in [1.54, 1.807) is 0 Å². The summed E-state index contributed by atoms with van der Waals surface area (Å²) in [5.41, 5.74) is 1.46. The molecule has 23 heavy (non-hydrogen) atoms. The van der Waals surface area contributed by atoms with Crippen LogP contribution in [0.2, 0.25) is 0 Å². The van der Waals surface area contributed by atoms with Gasteiger partial charge in [0, 0.05) is 10.4 Å². The van der Waals surface area contributed by atoms with E-state index in [0.717, 1.165) is 36.6 Å². The third-order valence-electron chi connectivity index (χ3n) is 7.23. The Morgan fingerprint density at radius 1 is 1.22 bits per heavy atom. The van der Waals surface area contributed by atoms with E-state index in [1.807, 2.05) is 0 Å². The van der Waals surface area contributed by atoms with Gasteiger partial charge in [0.15, 0.2) is 0 Å². The Hall–Kier alpha value is -1.10. The molecule has 0 aromatic rings. The second-order valence-corrected chi connectivity index (χ2v) is 8.95. The van der Waals surface area contributed by atoms with Crippen LogP contribution in [0, 0.1) is 35.0 Å². The van der Waals surface area contributed by atoms with E-state index in [2.05, 4.69) is 33.4 Å². The molecule has 2 N–H and O–H groups in total. The van der Waals surface area contributed by atoms with Gasteiger partial charge in [-0.25, -0.2) is 0 Å². The number of carboxylic acids is 1. The van der Waals surface area contributed by atoms with Crippen LogP contribution in [-0.2, 0) is 9.59 Å². The quantitative estimate of drug-likeness (QED) is 0.794. The molecule has 4 nitrogen and oxygen atoms in total. The Labute approximate surface area is 143 Å². The van der Waals surface area contributed by atoms with Crippen LogP contribution in [0.25, 0.3) is 0 Å². The monoisotopic (exact) mass is 377 g/mol. The molecule has 0 aromatic heterocycles. The molecule has 4 saturated carbocycles. The van der Waals surface area contributed by atoms with Gasteiger partial charge >= 0.3 is 5.97 Å². The first-order chi connectivity index (χ1) is 11.0. The standard InChI is InChI=1S/C18H20BrNO3/c19-10-6-8-5-9(7-10)15(8)20-16(21)13-11-1-2-12(14(13)17(22)23)18(11)3-4-18/h6-8,11-15H,1-5H2,(H,20,21)(H,22,23).